The third-order valence-electron chi connectivity index (χ3n) is 3.85. The first-order valence-electron chi connectivity index (χ1n) is 8.38. The molecule has 0 aliphatic carbocycles. The zero-order valence-corrected chi connectivity index (χ0v) is 16.7. The maximum Gasteiger partial charge on any atom is 0.358 e. The zero-order chi connectivity index (χ0) is 20.8. The lowest BCUT2D eigenvalue weighted by Crippen LogP contribution is -2.23. The van der Waals surface area contributed by atoms with Crippen LogP contribution in [-0.4, -0.2) is 29.1 Å². The van der Waals surface area contributed by atoms with Gasteiger partial charge in [0.2, 0.25) is 0 Å². The Morgan fingerprint density at radius 2 is 1.93 bits per heavy atom. The molecule has 0 saturated heterocycles. The summed E-state index contributed by atoms with van der Waals surface area (Å²) in [5, 5.41) is 8.58. The Kier molecular flexibility index (Phi) is 6.64. The third-order valence-corrected chi connectivity index (χ3v) is 4.59. The van der Waals surface area contributed by atoms with Gasteiger partial charge in [-0.1, -0.05) is 52.6 Å². The van der Waals surface area contributed by atoms with Crippen LogP contribution in [0, 0.1) is 0 Å². The summed E-state index contributed by atoms with van der Waals surface area (Å²) in [6.45, 7) is 0.0961. The van der Waals surface area contributed by atoms with Crippen LogP contribution in [0.25, 0.3) is 11.3 Å². The summed E-state index contributed by atoms with van der Waals surface area (Å²) < 4.78 is 6.53. The molecule has 0 atom stereocenters. The fourth-order valence-corrected chi connectivity index (χ4v) is 2.80. The maximum atomic E-state index is 12.3. The Bertz CT molecular complexity index is 1130. The van der Waals surface area contributed by atoms with E-state index in [1.165, 1.54) is 17.9 Å². The monoisotopic (exact) mass is 431 g/mol. The summed E-state index contributed by atoms with van der Waals surface area (Å²) in [5.74, 6) is -0.419. The molecular formula is C20H15Cl2N3O4. The van der Waals surface area contributed by atoms with Crippen molar-refractivity contribution in [1.29, 1.82) is 0 Å². The molecule has 3 rings (SSSR count). The Morgan fingerprint density at radius 1 is 1.14 bits per heavy atom. The van der Waals surface area contributed by atoms with Crippen molar-refractivity contribution >= 4 is 35.4 Å². The van der Waals surface area contributed by atoms with E-state index in [1.807, 2.05) is 0 Å². The molecule has 7 nitrogen and oxygen atoms in total. The number of nitrogens with zero attached hydrogens (tertiary/aromatic N) is 3. The summed E-state index contributed by atoms with van der Waals surface area (Å²) in [5.41, 5.74) is 1.54. The van der Waals surface area contributed by atoms with E-state index in [1.54, 1.807) is 48.5 Å². The molecule has 0 aliphatic rings. The van der Waals surface area contributed by atoms with E-state index in [-0.39, 0.29) is 17.9 Å². The minimum absolute atomic E-state index is 0.0961. The minimum atomic E-state index is -0.704. The first-order valence-corrected chi connectivity index (χ1v) is 9.13. The van der Waals surface area contributed by atoms with Gasteiger partial charge in [0, 0.05) is 17.2 Å². The maximum absolute atomic E-state index is 12.3. The van der Waals surface area contributed by atoms with Gasteiger partial charge >= 0.3 is 5.97 Å². The molecular weight excluding hydrogens is 417 g/mol. The van der Waals surface area contributed by atoms with Crippen molar-refractivity contribution in [1.82, 2.24) is 9.78 Å². The number of benzene rings is 2. The van der Waals surface area contributed by atoms with Crippen LogP contribution in [0.15, 0.2) is 64.5 Å². The molecule has 148 valence electrons. The van der Waals surface area contributed by atoms with E-state index >= 15 is 0 Å². The highest BCUT2D eigenvalue weighted by atomic mass is 35.5. The van der Waals surface area contributed by atoms with Crippen LogP contribution in [0.4, 0.5) is 0 Å². The highest BCUT2D eigenvalue weighted by molar-refractivity contribution is 6.42. The van der Waals surface area contributed by atoms with Gasteiger partial charge in [-0.3, -0.25) is 4.79 Å². The molecule has 3 aromatic rings. The van der Waals surface area contributed by atoms with Gasteiger partial charge in [-0.25, -0.2) is 9.48 Å². The molecule has 0 N–H and O–H groups in total. The molecule has 1 aromatic heterocycles. The van der Waals surface area contributed by atoms with Crippen molar-refractivity contribution in [2.45, 2.75) is 6.54 Å². The van der Waals surface area contributed by atoms with Crippen LogP contribution in [0.5, 0.6) is 5.75 Å². The van der Waals surface area contributed by atoms with E-state index in [4.69, 9.17) is 27.9 Å². The number of ether oxygens (including phenoxy) is 1. The summed E-state index contributed by atoms with van der Waals surface area (Å²) in [6, 6.07) is 14.9. The van der Waals surface area contributed by atoms with Gasteiger partial charge in [0.1, 0.15) is 12.9 Å². The summed E-state index contributed by atoms with van der Waals surface area (Å²) in [7, 11) is 1.32. The van der Waals surface area contributed by atoms with Crippen molar-refractivity contribution in [2.24, 2.45) is 5.16 Å². The quantitative estimate of drug-likeness (QED) is 0.256. The molecule has 29 heavy (non-hydrogen) atoms. The summed E-state index contributed by atoms with van der Waals surface area (Å²) in [6.07, 6.45) is 0.909. The second kappa shape index (κ2) is 9.36. The summed E-state index contributed by atoms with van der Waals surface area (Å²) >= 11 is 12.0. The molecule has 9 heteroatoms. The molecule has 0 bridgehead atoms. The normalized spacial score (nSPS) is 10.9. The molecule has 0 fully saturated rings. The minimum Gasteiger partial charge on any atom is -0.422 e. The molecule has 0 saturated carbocycles. The Hall–Kier alpha value is -3.16. The fraction of sp³-hybridized carbons (Fsp3) is 0.100. The van der Waals surface area contributed by atoms with Gasteiger partial charge in [0.15, 0.2) is 6.21 Å². The second-order valence-corrected chi connectivity index (χ2v) is 6.60. The lowest BCUT2D eigenvalue weighted by molar-refractivity contribution is -0.126. The lowest BCUT2D eigenvalue weighted by atomic mass is 10.1. The number of hydrogen-bond acceptors (Lipinski definition) is 6. The fourth-order valence-electron chi connectivity index (χ4n) is 2.50. The third kappa shape index (κ3) is 5.22. The van der Waals surface area contributed by atoms with Crippen molar-refractivity contribution in [3.8, 4) is 17.0 Å². The standard InChI is InChI=1S/C20H15Cl2N3O4/c1-28-23-11-20(27)29-18-5-3-2-4-14(18)12-25-19(26)9-8-17(24-25)13-6-7-15(21)16(22)10-13/h2-11H,12H2,1H3. The van der Waals surface area contributed by atoms with Gasteiger partial charge in [-0.05, 0) is 24.3 Å². The van der Waals surface area contributed by atoms with Crippen molar-refractivity contribution < 1.29 is 14.4 Å². The van der Waals surface area contributed by atoms with E-state index < -0.39 is 5.97 Å². The number of hydrogen-bond donors (Lipinski definition) is 0. The van der Waals surface area contributed by atoms with E-state index in [0.29, 0.717) is 26.9 Å². The second-order valence-electron chi connectivity index (χ2n) is 5.79. The molecule has 0 radical (unpaired) electrons. The summed E-state index contributed by atoms with van der Waals surface area (Å²) in [4.78, 5) is 28.6. The Morgan fingerprint density at radius 3 is 2.69 bits per heavy atom. The zero-order valence-electron chi connectivity index (χ0n) is 15.2. The van der Waals surface area contributed by atoms with E-state index in [2.05, 4.69) is 15.1 Å². The molecule has 2 aromatic carbocycles. The van der Waals surface area contributed by atoms with E-state index in [0.717, 1.165) is 6.21 Å². The van der Waals surface area contributed by atoms with Gasteiger partial charge < -0.3 is 9.57 Å². The smallest absolute Gasteiger partial charge is 0.358 e. The number of carbonyl (C=O) groups excluding carboxylic acids is 1. The number of rotatable bonds is 6. The number of aromatic nitrogens is 2. The number of carbonyl (C=O) groups is 1. The average Bonchev–Trinajstić information content (AvgIpc) is 2.71. The topological polar surface area (TPSA) is 82.8 Å². The molecule has 1 heterocycles. The SMILES string of the molecule is CON=CC(=O)Oc1ccccc1Cn1nc(-c2ccc(Cl)c(Cl)c2)ccc1=O. The first-order chi connectivity index (χ1) is 14.0. The van der Waals surface area contributed by atoms with Gasteiger partial charge in [-0.15, -0.1) is 0 Å². The Labute approximate surface area is 176 Å². The van der Waals surface area contributed by atoms with Crippen molar-refractivity contribution in [2.75, 3.05) is 7.11 Å². The van der Waals surface area contributed by atoms with Crippen LogP contribution in [0.1, 0.15) is 5.56 Å². The van der Waals surface area contributed by atoms with Crippen LogP contribution in [-0.2, 0) is 16.2 Å². The number of para-hydroxylation sites is 1. The number of esters is 1. The Balaban J connectivity index is 1.91. The molecule has 0 spiro atoms. The number of oxime groups is 1. The van der Waals surface area contributed by atoms with Crippen LogP contribution in [0.2, 0.25) is 10.0 Å². The molecule has 0 aliphatic heterocycles. The predicted octanol–water partition coefficient (Wildman–Crippen LogP) is 3.80. The lowest BCUT2D eigenvalue weighted by Gasteiger charge is -2.11. The largest absolute Gasteiger partial charge is 0.422 e. The average molecular weight is 432 g/mol. The van der Waals surface area contributed by atoms with Crippen molar-refractivity contribution in [3.63, 3.8) is 0 Å². The predicted molar refractivity (Wildman–Crippen MR) is 111 cm³/mol. The van der Waals surface area contributed by atoms with Crippen LogP contribution < -0.4 is 10.3 Å². The van der Waals surface area contributed by atoms with Crippen LogP contribution >= 0.6 is 23.2 Å². The molecule has 0 unspecified atom stereocenters. The van der Waals surface area contributed by atoms with Gasteiger partial charge in [0.25, 0.3) is 5.56 Å². The first kappa shape index (κ1) is 20.6. The van der Waals surface area contributed by atoms with Gasteiger partial charge in [-0.2, -0.15) is 5.10 Å². The molecule has 0 amide bonds. The number of halogens is 2. The highest BCUT2D eigenvalue weighted by Gasteiger charge is 2.11. The van der Waals surface area contributed by atoms with Gasteiger partial charge in [0.05, 0.1) is 22.3 Å². The van der Waals surface area contributed by atoms with Crippen molar-refractivity contribution in [3.05, 3.63) is 80.6 Å². The highest BCUT2D eigenvalue weighted by Crippen LogP contribution is 2.27. The van der Waals surface area contributed by atoms with Crippen LogP contribution in [0.3, 0.4) is 0 Å². The van der Waals surface area contributed by atoms with E-state index in [9.17, 15) is 9.59 Å².